The standard InChI is InChI=1S/C16H15ClF3N3O2/c1-10-12(2-7-25-10)15(24)23-5-3-22(4-6-23)14-13(17)8-11(9-21-14)16(18,19)20/h2,7-9H,3-6H2,1H3/p+1. The Labute approximate surface area is 147 Å². The Balaban J connectivity index is 1.68. The van der Waals surface area contributed by atoms with Gasteiger partial charge in [0.05, 0.1) is 30.5 Å². The number of carbonyl (C=O) groups is 1. The highest BCUT2D eigenvalue weighted by atomic mass is 35.5. The molecule has 9 heteroatoms. The van der Waals surface area contributed by atoms with Crippen molar-refractivity contribution in [2.24, 2.45) is 0 Å². The summed E-state index contributed by atoms with van der Waals surface area (Å²) in [7, 11) is 0. The van der Waals surface area contributed by atoms with E-state index in [0.717, 1.165) is 12.3 Å². The van der Waals surface area contributed by atoms with E-state index in [0.29, 0.717) is 43.3 Å². The second-order valence-corrected chi connectivity index (χ2v) is 6.16. The van der Waals surface area contributed by atoms with E-state index in [1.165, 1.54) is 6.26 Å². The van der Waals surface area contributed by atoms with E-state index in [9.17, 15) is 18.0 Å². The Hall–Kier alpha value is -2.22. The zero-order chi connectivity index (χ0) is 18.2. The van der Waals surface area contributed by atoms with Gasteiger partial charge in [-0.1, -0.05) is 11.6 Å². The Morgan fingerprint density at radius 1 is 1.28 bits per heavy atom. The largest absolute Gasteiger partial charge is 0.469 e. The Kier molecular flexibility index (Phi) is 4.64. The number of nitrogens with one attached hydrogen (secondary N) is 1. The monoisotopic (exact) mass is 374 g/mol. The molecule has 0 saturated carbocycles. The molecule has 1 amide bonds. The summed E-state index contributed by atoms with van der Waals surface area (Å²) in [5.41, 5.74) is -0.307. The average Bonchev–Trinajstić information content (AvgIpc) is 2.99. The Morgan fingerprint density at radius 3 is 2.48 bits per heavy atom. The first-order valence-electron chi connectivity index (χ1n) is 7.64. The zero-order valence-corrected chi connectivity index (χ0v) is 14.1. The normalized spacial score (nSPS) is 15.6. The number of aromatic amines is 1. The van der Waals surface area contributed by atoms with E-state index >= 15 is 0 Å². The molecule has 3 heterocycles. The Morgan fingerprint density at radius 2 is 1.96 bits per heavy atom. The third kappa shape index (κ3) is 3.58. The second-order valence-electron chi connectivity index (χ2n) is 5.75. The molecular weight excluding hydrogens is 359 g/mol. The number of hydrogen-bond acceptors (Lipinski definition) is 3. The molecule has 1 N–H and O–H groups in total. The molecule has 1 saturated heterocycles. The minimum Gasteiger partial charge on any atom is -0.469 e. The number of alkyl halides is 3. The van der Waals surface area contributed by atoms with Gasteiger partial charge in [0.15, 0.2) is 0 Å². The van der Waals surface area contributed by atoms with Crippen LogP contribution in [0.25, 0.3) is 0 Å². The number of aryl methyl sites for hydroxylation is 1. The van der Waals surface area contributed by atoms with Crippen LogP contribution in [0.5, 0.6) is 0 Å². The fourth-order valence-electron chi connectivity index (χ4n) is 2.78. The summed E-state index contributed by atoms with van der Waals surface area (Å²) < 4.78 is 43.3. The van der Waals surface area contributed by atoms with Gasteiger partial charge in [-0.3, -0.25) is 9.69 Å². The number of H-pyrrole nitrogens is 1. The minimum atomic E-state index is -4.45. The fourth-order valence-corrected chi connectivity index (χ4v) is 3.07. The first-order valence-corrected chi connectivity index (χ1v) is 8.02. The highest BCUT2D eigenvalue weighted by Crippen LogP contribution is 2.32. The highest BCUT2D eigenvalue weighted by molar-refractivity contribution is 6.32. The summed E-state index contributed by atoms with van der Waals surface area (Å²) in [4.78, 5) is 18.6. The lowest BCUT2D eigenvalue weighted by Crippen LogP contribution is -2.50. The number of aromatic nitrogens is 1. The molecule has 134 valence electrons. The van der Waals surface area contributed by atoms with Crippen molar-refractivity contribution >= 4 is 23.3 Å². The van der Waals surface area contributed by atoms with Crippen molar-refractivity contribution in [3.05, 3.63) is 46.5 Å². The molecule has 25 heavy (non-hydrogen) atoms. The van der Waals surface area contributed by atoms with Crippen LogP contribution in [-0.4, -0.2) is 37.0 Å². The van der Waals surface area contributed by atoms with Gasteiger partial charge in [0.25, 0.3) is 11.7 Å². The summed E-state index contributed by atoms with van der Waals surface area (Å²) in [5, 5.41) is 0.000260. The molecule has 3 rings (SSSR count). The number of amides is 1. The van der Waals surface area contributed by atoms with Crippen LogP contribution in [0.4, 0.5) is 19.0 Å². The first-order chi connectivity index (χ1) is 11.8. The number of pyridine rings is 1. The van der Waals surface area contributed by atoms with Gasteiger partial charge in [-0.05, 0) is 19.1 Å². The van der Waals surface area contributed by atoms with Gasteiger partial charge in [-0.15, -0.1) is 0 Å². The molecule has 0 radical (unpaired) electrons. The Bertz CT molecular complexity index is 783. The SMILES string of the molecule is Cc1occc1C(=O)N1CCN(c2[nH+]cc(C(F)(F)F)cc2Cl)CC1. The maximum Gasteiger partial charge on any atom is 0.419 e. The number of furan rings is 1. The number of carbonyl (C=O) groups excluding carboxylic acids is 1. The molecule has 1 aliphatic rings. The van der Waals surface area contributed by atoms with Gasteiger partial charge < -0.3 is 9.32 Å². The van der Waals surface area contributed by atoms with Gasteiger partial charge in [0.1, 0.15) is 30.1 Å². The van der Waals surface area contributed by atoms with E-state index in [-0.39, 0.29) is 10.9 Å². The molecule has 0 atom stereocenters. The lowest BCUT2D eigenvalue weighted by Gasteiger charge is -2.31. The van der Waals surface area contributed by atoms with Crippen molar-refractivity contribution in [2.45, 2.75) is 13.1 Å². The molecule has 0 spiro atoms. The topological polar surface area (TPSA) is 50.8 Å². The third-order valence-corrected chi connectivity index (χ3v) is 4.46. The molecule has 1 fully saturated rings. The van der Waals surface area contributed by atoms with Gasteiger partial charge >= 0.3 is 6.18 Å². The van der Waals surface area contributed by atoms with E-state index in [4.69, 9.17) is 16.0 Å². The van der Waals surface area contributed by atoms with Gasteiger partial charge in [-0.2, -0.15) is 13.2 Å². The maximum absolute atomic E-state index is 12.7. The summed E-state index contributed by atoms with van der Waals surface area (Å²) in [6, 6.07) is 2.53. The minimum absolute atomic E-state index is 0.000260. The van der Waals surface area contributed by atoms with Crippen molar-refractivity contribution in [3.63, 3.8) is 0 Å². The average molecular weight is 375 g/mol. The molecule has 1 aliphatic heterocycles. The quantitative estimate of drug-likeness (QED) is 0.812. The molecule has 2 aromatic heterocycles. The van der Waals surface area contributed by atoms with E-state index in [2.05, 4.69) is 4.98 Å². The van der Waals surface area contributed by atoms with E-state index in [1.807, 2.05) is 4.90 Å². The lowest BCUT2D eigenvalue weighted by molar-refractivity contribution is -0.367. The highest BCUT2D eigenvalue weighted by Gasteiger charge is 2.35. The van der Waals surface area contributed by atoms with Crippen molar-refractivity contribution < 1.29 is 27.4 Å². The van der Waals surface area contributed by atoms with Crippen LogP contribution in [0.3, 0.4) is 0 Å². The maximum atomic E-state index is 12.7. The lowest BCUT2D eigenvalue weighted by atomic mass is 10.2. The molecule has 2 aromatic rings. The molecular formula is C16H16ClF3N3O2+. The van der Waals surface area contributed by atoms with Gasteiger partial charge in [-0.25, -0.2) is 4.98 Å². The van der Waals surface area contributed by atoms with Crippen LogP contribution in [0.1, 0.15) is 21.7 Å². The molecule has 0 aromatic carbocycles. The van der Waals surface area contributed by atoms with Crippen LogP contribution >= 0.6 is 11.6 Å². The summed E-state index contributed by atoms with van der Waals surface area (Å²) in [6.07, 6.45) is -2.09. The number of rotatable bonds is 2. The van der Waals surface area contributed by atoms with Crippen molar-refractivity contribution in [1.82, 2.24) is 4.90 Å². The fraction of sp³-hybridized carbons (Fsp3) is 0.375. The van der Waals surface area contributed by atoms with E-state index < -0.39 is 11.7 Å². The molecule has 0 bridgehead atoms. The van der Waals surface area contributed by atoms with Crippen molar-refractivity contribution in [2.75, 3.05) is 31.1 Å². The number of nitrogens with zero attached hydrogens (tertiary/aromatic N) is 2. The van der Waals surface area contributed by atoms with Crippen molar-refractivity contribution in [3.8, 4) is 0 Å². The molecule has 5 nitrogen and oxygen atoms in total. The van der Waals surface area contributed by atoms with E-state index in [1.54, 1.807) is 17.9 Å². The smallest absolute Gasteiger partial charge is 0.419 e. The van der Waals surface area contributed by atoms with Crippen LogP contribution in [-0.2, 0) is 6.18 Å². The predicted molar refractivity (Wildman–Crippen MR) is 84.6 cm³/mol. The number of halogens is 4. The van der Waals surface area contributed by atoms with Gasteiger partial charge in [0.2, 0.25) is 0 Å². The summed E-state index contributed by atoms with van der Waals surface area (Å²) in [5.74, 6) is 0.862. The summed E-state index contributed by atoms with van der Waals surface area (Å²) >= 11 is 6.00. The van der Waals surface area contributed by atoms with Crippen molar-refractivity contribution in [1.29, 1.82) is 0 Å². The number of piperazine rings is 1. The van der Waals surface area contributed by atoms with Crippen LogP contribution < -0.4 is 9.88 Å². The summed E-state index contributed by atoms with van der Waals surface area (Å²) in [6.45, 7) is 3.53. The second kappa shape index (κ2) is 6.59. The number of anilines is 1. The third-order valence-electron chi connectivity index (χ3n) is 4.17. The molecule has 0 aliphatic carbocycles. The predicted octanol–water partition coefficient (Wildman–Crippen LogP) is 3.04. The number of hydrogen-bond donors (Lipinski definition) is 0. The van der Waals surface area contributed by atoms with Crippen LogP contribution in [0.15, 0.2) is 29.0 Å². The zero-order valence-electron chi connectivity index (χ0n) is 13.4. The van der Waals surface area contributed by atoms with Crippen LogP contribution in [0.2, 0.25) is 5.02 Å². The van der Waals surface area contributed by atoms with Gasteiger partial charge in [0, 0.05) is 0 Å². The molecule has 0 unspecified atom stereocenters. The first kappa shape index (κ1) is 17.6. The van der Waals surface area contributed by atoms with Crippen LogP contribution in [0, 0.1) is 6.92 Å².